The maximum absolute atomic E-state index is 7.11. The number of rotatable bonds is 2. The Bertz CT molecular complexity index is 506. The highest BCUT2D eigenvalue weighted by molar-refractivity contribution is 8.13. The minimum Gasteiger partial charge on any atom is -0.379 e. The third-order valence-electron chi connectivity index (χ3n) is 1.78. The lowest BCUT2D eigenvalue weighted by Gasteiger charge is -1.92. The van der Waals surface area contributed by atoms with E-state index in [9.17, 15) is 0 Å². The number of nitrogens with zero attached hydrogens (tertiary/aromatic N) is 2. The standard InChI is InChI=1S/C9H10N4S2/c1-5-2-6-8(12-3-5)15-7(13-6)4-14-9(10)11/h2-3H,4H2,1H3,(H3,10,11). The van der Waals surface area contributed by atoms with Crippen LogP contribution in [-0.4, -0.2) is 15.1 Å². The Labute approximate surface area is 95.4 Å². The highest BCUT2D eigenvalue weighted by atomic mass is 32.2. The molecule has 0 aliphatic heterocycles. The van der Waals surface area contributed by atoms with Crippen LogP contribution in [0, 0.1) is 12.3 Å². The molecule has 0 unspecified atom stereocenters. The Hall–Kier alpha value is -1.14. The van der Waals surface area contributed by atoms with Gasteiger partial charge in [-0.05, 0) is 18.6 Å². The summed E-state index contributed by atoms with van der Waals surface area (Å²) in [6, 6.07) is 2.01. The van der Waals surface area contributed by atoms with Crippen molar-refractivity contribution in [3.05, 3.63) is 22.8 Å². The van der Waals surface area contributed by atoms with Crippen molar-refractivity contribution < 1.29 is 0 Å². The summed E-state index contributed by atoms with van der Waals surface area (Å²) in [6.07, 6.45) is 1.84. The smallest absolute Gasteiger partial charge is 0.151 e. The highest BCUT2D eigenvalue weighted by Crippen LogP contribution is 2.23. The zero-order valence-electron chi connectivity index (χ0n) is 8.15. The molecule has 0 atom stereocenters. The second-order valence-electron chi connectivity index (χ2n) is 3.10. The number of nitrogens with one attached hydrogen (secondary N) is 1. The van der Waals surface area contributed by atoms with Crippen LogP contribution in [0.25, 0.3) is 10.3 Å². The van der Waals surface area contributed by atoms with Crippen molar-refractivity contribution in [3.63, 3.8) is 0 Å². The number of pyridine rings is 1. The highest BCUT2D eigenvalue weighted by Gasteiger charge is 2.05. The molecule has 0 saturated carbocycles. The molecule has 0 amide bonds. The minimum absolute atomic E-state index is 0.124. The average Bonchev–Trinajstić information content (AvgIpc) is 2.56. The second kappa shape index (κ2) is 4.16. The van der Waals surface area contributed by atoms with E-state index in [2.05, 4.69) is 9.97 Å². The Kier molecular flexibility index (Phi) is 2.88. The first kappa shape index (κ1) is 10.4. The van der Waals surface area contributed by atoms with E-state index in [1.165, 1.54) is 11.8 Å². The molecule has 0 radical (unpaired) electrons. The lowest BCUT2D eigenvalue weighted by Crippen LogP contribution is -2.03. The molecule has 2 aromatic rings. The zero-order chi connectivity index (χ0) is 10.8. The summed E-state index contributed by atoms with van der Waals surface area (Å²) in [5.74, 6) is 0.648. The Morgan fingerprint density at radius 2 is 2.47 bits per heavy atom. The maximum atomic E-state index is 7.11. The molecule has 0 saturated heterocycles. The van der Waals surface area contributed by atoms with E-state index >= 15 is 0 Å². The minimum atomic E-state index is 0.124. The molecule has 2 aromatic heterocycles. The van der Waals surface area contributed by atoms with Gasteiger partial charge in [0.2, 0.25) is 0 Å². The molecular weight excluding hydrogens is 228 g/mol. The monoisotopic (exact) mass is 238 g/mol. The van der Waals surface area contributed by atoms with Crippen molar-refractivity contribution in [1.82, 2.24) is 9.97 Å². The molecule has 0 spiro atoms. The lowest BCUT2D eigenvalue weighted by atomic mass is 10.3. The van der Waals surface area contributed by atoms with Gasteiger partial charge in [0.15, 0.2) is 5.17 Å². The first-order valence-corrected chi connectivity index (χ1v) is 6.14. The molecule has 0 bridgehead atoms. The van der Waals surface area contributed by atoms with Crippen LogP contribution in [0.4, 0.5) is 0 Å². The summed E-state index contributed by atoms with van der Waals surface area (Å²) in [7, 11) is 0. The Balaban J connectivity index is 2.27. The van der Waals surface area contributed by atoms with Crippen LogP contribution >= 0.6 is 23.1 Å². The summed E-state index contributed by atoms with van der Waals surface area (Å²) in [5.41, 5.74) is 7.31. The fourth-order valence-electron chi connectivity index (χ4n) is 1.17. The fraction of sp³-hybridized carbons (Fsp3) is 0.222. The molecule has 0 aromatic carbocycles. The summed E-state index contributed by atoms with van der Waals surface area (Å²) < 4.78 is 0. The lowest BCUT2D eigenvalue weighted by molar-refractivity contribution is 1.29. The van der Waals surface area contributed by atoms with Crippen LogP contribution < -0.4 is 5.73 Å². The van der Waals surface area contributed by atoms with Crippen LogP contribution in [-0.2, 0) is 5.75 Å². The van der Waals surface area contributed by atoms with Crippen molar-refractivity contribution in [1.29, 1.82) is 5.41 Å². The van der Waals surface area contributed by atoms with E-state index in [0.717, 1.165) is 20.9 Å². The van der Waals surface area contributed by atoms with Crippen molar-refractivity contribution in [2.24, 2.45) is 5.73 Å². The molecule has 15 heavy (non-hydrogen) atoms. The summed E-state index contributed by atoms with van der Waals surface area (Å²) in [6.45, 7) is 2.00. The summed E-state index contributed by atoms with van der Waals surface area (Å²) in [4.78, 5) is 9.66. The summed E-state index contributed by atoms with van der Waals surface area (Å²) >= 11 is 2.84. The number of hydrogen-bond donors (Lipinski definition) is 2. The van der Waals surface area contributed by atoms with Gasteiger partial charge < -0.3 is 5.73 Å². The van der Waals surface area contributed by atoms with Crippen LogP contribution in [0.1, 0.15) is 10.6 Å². The van der Waals surface area contributed by atoms with Gasteiger partial charge in [-0.1, -0.05) is 23.1 Å². The Morgan fingerprint density at radius 1 is 1.67 bits per heavy atom. The van der Waals surface area contributed by atoms with E-state index < -0.39 is 0 Å². The van der Waals surface area contributed by atoms with E-state index in [0.29, 0.717) is 5.75 Å². The maximum Gasteiger partial charge on any atom is 0.151 e. The number of nitrogens with two attached hydrogens (primary N) is 1. The number of aryl methyl sites for hydroxylation is 1. The van der Waals surface area contributed by atoms with Crippen LogP contribution in [0.2, 0.25) is 0 Å². The predicted octanol–water partition coefficient (Wildman–Crippen LogP) is 2.13. The first-order chi connectivity index (χ1) is 7.15. The molecule has 0 aliphatic carbocycles. The van der Waals surface area contributed by atoms with Crippen molar-refractivity contribution >= 4 is 38.6 Å². The Morgan fingerprint density at radius 3 is 3.20 bits per heavy atom. The van der Waals surface area contributed by atoms with Gasteiger partial charge >= 0.3 is 0 Å². The average molecular weight is 238 g/mol. The number of fused-ring (bicyclic) bond motifs is 1. The van der Waals surface area contributed by atoms with Gasteiger partial charge in [-0.25, -0.2) is 9.97 Å². The molecule has 0 aliphatic rings. The van der Waals surface area contributed by atoms with Gasteiger partial charge in [0.05, 0.1) is 5.75 Å². The topological polar surface area (TPSA) is 75.7 Å². The molecule has 0 fully saturated rings. The van der Waals surface area contributed by atoms with E-state index in [1.807, 2.05) is 19.2 Å². The third-order valence-corrected chi connectivity index (χ3v) is 3.67. The number of aromatic nitrogens is 2. The fourth-order valence-corrected chi connectivity index (χ4v) is 2.61. The number of hydrogen-bond acceptors (Lipinski definition) is 5. The van der Waals surface area contributed by atoms with Gasteiger partial charge in [-0.3, -0.25) is 5.41 Å². The normalized spacial score (nSPS) is 10.7. The van der Waals surface area contributed by atoms with Crippen LogP contribution in [0.5, 0.6) is 0 Å². The second-order valence-corrected chi connectivity index (χ2v) is 5.18. The molecule has 3 N–H and O–H groups in total. The van der Waals surface area contributed by atoms with E-state index in [4.69, 9.17) is 11.1 Å². The number of thiazole rings is 1. The molecule has 78 valence electrons. The quantitative estimate of drug-likeness (QED) is 0.620. The zero-order valence-corrected chi connectivity index (χ0v) is 9.78. The largest absolute Gasteiger partial charge is 0.379 e. The third kappa shape index (κ3) is 2.45. The molecule has 6 heteroatoms. The summed E-state index contributed by atoms with van der Waals surface area (Å²) in [5, 5.41) is 8.20. The van der Waals surface area contributed by atoms with Crippen molar-refractivity contribution in [2.45, 2.75) is 12.7 Å². The van der Waals surface area contributed by atoms with Gasteiger partial charge in [0.1, 0.15) is 15.4 Å². The molecule has 4 nitrogen and oxygen atoms in total. The first-order valence-electron chi connectivity index (χ1n) is 4.34. The number of amidine groups is 1. The van der Waals surface area contributed by atoms with Crippen molar-refractivity contribution in [3.8, 4) is 0 Å². The van der Waals surface area contributed by atoms with E-state index in [1.54, 1.807) is 11.3 Å². The molecule has 2 heterocycles. The van der Waals surface area contributed by atoms with Crippen molar-refractivity contribution in [2.75, 3.05) is 0 Å². The SMILES string of the molecule is Cc1cnc2sc(CSC(=N)N)nc2c1. The predicted molar refractivity (Wildman–Crippen MR) is 65.4 cm³/mol. The number of thioether (sulfide) groups is 1. The molecule has 2 rings (SSSR count). The van der Waals surface area contributed by atoms with Gasteiger partial charge in [0.25, 0.3) is 0 Å². The van der Waals surface area contributed by atoms with Crippen LogP contribution in [0.15, 0.2) is 12.3 Å². The van der Waals surface area contributed by atoms with Gasteiger partial charge in [-0.15, -0.1) is 0 Å². The van der Waals surface area contributed by atoms with E-state index in [-0.39, 0.29) is 5.17 Å². The van der Waals surface area contributed by atoms with Gasteiger partial charge in [0, 0.05) is 6.20 Å². The van der Waals surface area contributed by atoms with Gasteiger partial charge in [-0.2, -0.15) is 0 Å². The molecular formula is C9H10N4S2. The van der Waals surface area contributed by atoms with Crippen LogP contribution in [0.3, 0.4) is 0 Å².